The number of nitrogens with zero attached hydrogens (tertiary/aromatic N) is 3. The molecule has 1 aliphatic carbocycles. The number of anilines is 2. The van der Waals surface area contributed by atoms with Crippen LogP contribution < -0.4 is 16.6 Å². The van der Waals surface area contributed by atoms with Crippen molar-refractivity contribution in [1.29, 1.82) is 0 Å². The van der Waals surface area contributed by atoms with Gasteiger partial charge in [-0.3, -0.25) is 15.5 Å². The molecule has 110 valence electrons. The summed E-state index contributed by atoms with van der Waals surface area (Å²) in [4.78, 5) is 18.8. The van der Waals surface area contributed by atoms with Gasteiger partial charge in [0, 0.05) is 11.3 Å². The van der Waals surface area contributed by atoms with E-state index in [1.54, 1.807) is 18.7 Å². The van der Waals surface area contributed by atoms with E-state index < -0.39 is 4.92 Å². The second-order valence-corrected chi connectivity index (χ2v) is 5.76. The number of thioether (sulfide) groups is 1. The summed E-state index contributed by atoms with van der Waals surface area (Å²) in [7, 11) is 0. The summed E-state index contributed by atoms with van der Waals surface area (Å²) in [5.41, 5.74) is 2.54. The minimum Gasteiger partial charge on any atom is -0.360 e. The van der Waals surface area contributed by atoms with Gasteiger partial charge in [-0.05, 0) is 26.0 Å². The van der Waals surface area contributed by atoms with E-state index in [9.17, 15) is 10.1 Å². The Hall–Kier alpha value is -1.61. The maximum absolute atomic E-state index is 11.2. The van der Waals surface area contributed by atoms with Crippen molar-refractivity contribution in [3.63, 3.8) is 0 Å². The molecule has 2 atom stereocenters. The van der Waals surface area contributed by atoms with Crippen molar-refractivity contribution in [1.82, 2.24) is 9.97 Å². The zero-order chi connectivity index (χ0) is 14.7. The van der Waals surface area contributed by atoms with Gasteiger partial charge in [-0.2, -0.15) is 16.7 Å². The summed E-state index contributed by atoms with van der Waals surface area (Å²) >= 11 is 1.77. The Labute approximate surface area is 121 Å². The molecule has 0 bridgehead atoms. The third kappa shape index (κ3) is 2.93. The Balaban J connectivity index is 2.33. The first-order valence-corrected chi connectivity index (χ1v) is 7.64. The van der Waals surface area contributed by atoms with Gasteiger partial charge in [-0.15, -0.1) is 0 Å². The van der Waals surface area contributed by atoms with Crippen LogP contribution in [-0.4, -0.2) is 32.4 Å². The zero-order valence-corrected chi connectivity index (χ0v) is 12.2. The quantitative estimate of drug-likeness (QED) is 0.426. The molecule has 1 aromatic heterocycles. The molecule has 1 heterocycles. The Morgan fingerprint density at radius 2 is 2.20 bits per heavy atom. The average molecular weight is 298 g/mol. The first kappa shape index (κ1) is 14.8. The van der Waals surface area contributed by atoms with Gasteiger partial charge < -0.3 is 5.32 Å². The van der Waals surface area contributed by atoms with Crippen LogP contribution in [0, 0.1) is 17.0 Å². The molecule has 0 amide bonds. The van der Waals surface area contributed by atoms with E-state index >= 15 is 0 Å². The van der Waals surface area contributed by atoms with Crippen molar-refractivity contribution in [2.45, 2.75) is 37.5 Å². The predicted molar refractivity (Wildman–Crippen MR) is 79.8 cm³/mol. The monoisotopic (exact) mass is 298 g/mol. The minimum atomic E-state index is -0.457. The normalized spacial score (nSPS) is 21.8. The number of aromatic nitrogens is 2. The van der Waals surface area contributed by atoms with Gasteiger partial charge in [-0.25, -0.2) is 10.8 Å². The van der Waals surface area contributed by atoms with E-state index in [1.165, 1.54) is 0 Å². The van der Waals surface area contributed by atoms with Gasteiger partial charge in [0.05, 0.1) is 4.92 Å². The highest BCUT2D eigenvalue weighted by Crippen LogP contribution is 2.33. The van der Waals surface area contributed by atoms with Crippen molar-refractivity contribution in [3.05, 3.63) is 15.8 Å². The number of nitrogen functional groups attached to an aromatic ring is 1. The largest absolute Gasteiger partial charge is 0.360 e. The zero-order valence-electron chi connectivity index (χ0n) is 11.4. The third-order valence-electron chi connectivity index (χ3n) is 3.45. The Bertz CT molecular complexity index is 512. The number of nitro groups is 1. The molecule has 0 saturated heterocycles. The van der Waals surface area contributed by atoms with Crippen LogP contribution in [-0.2, 0) is 0 Å². The molecule has 1 aromatic rings. The highest BCUT2D eigenvalue weighted by molar-refractivity contribution is 7.99. The minimum absolute atomic E-state index is 0.0873. The number of hydrazine groups is 1. The van der Waals surface area contributed by atoms with Crippen molar-refractivity contribution < 1.29 is 4.92 Å². The lowest BCUT2D eigenvalue weighted by atomic mass is 10.2. The van der Waals surface area contributed by atoms with Crippen LogP contribution in [0.15, 0.2) is 0 Å². The fourth-order valence-corrected chi connectivity index (χ4v) is 3.43. The van der Waals surface area contributed by atoms with Crippen molar-refractivity contribution in [2.24, 2.45) is 5.84 Å². The molecular formula is C11H18N6O2S. The van der Waals surface area contributed by atoms with Crippen LogP contribution in [0.3, 0.4) is 0 Å². The lowest BCUT2D eigenvalue weighted by molar-refractivity contribution is -0.385. The van der Waals surface area contributed by atoms with E-state index in [2.05, 4.69) is 27.0 Å². The van der Waals surface area contributed by atoms with E-state index in [0.29, 0.717) is 10.9 Å². The van der Waals surface area contributed by atoms with Gasteiger partial charge in [-0.1, -0.05) is 6.42 Å². The number of aryl methyl sites for hydroxylation is 1. The van der Waals surface area contributed by atoms with E-state index in [-0.39, 0.29) is 23.5 Å². The maximum atomic E-state index is 11.2. The van der Waals surface area contributed by atoms with Gasteiger partial charge in [0.15, 0.2) is 0 Å². The summed E-state index contributed by atoms with van der Waals surface area (Å²) in [5, 5.41) is 14.8. The molecule has 1 saturated carbocycles. The lowest BCUT2D eigenvalue weighted by Gasteiger charge is -2.20. The standard InChI is InChI=1S/C11H18N6O2S/c1-6-9(17(18)19)10(15-11(13-6)16-12)14-7-4-3-5-8(7)20-2/h7-8H,3-5,12H2,1-2H3,(H2,13,14,15,16). The molecule has 1 fully saturated rings. The van der Waals surface area contributed by atoms with Crippen LogP contribution in [0.25, 0.3) is 0 Å². The summed E-state index contributed by atoms with van der Waals surface area (Å²) in [6.07, 6.45) is 5.26. The fraction of sp³-hybridized carbons (Fsp3) is 0.636. The second kappa shape index (κ2) is 6.23. The Kier molecular flexibility index (Phi) is 4.61. The molecule has 9 heteroatoms. The van der Waals surface area contributed by atoms with E-state index in [4.69, 9.17) is 5.84 Å². The number of hydrogen-bond donors (Lipinski definition) is 3. The van der Waals surface area contributed by atoms with Crippen LogP contribution in [0.5, 0.6) is 0 Å². The molecule has 0 radical (unpaired) electrons. The smallest absolute Gasteiger partial charge is 0.332 e. The SMILES string of the molecule is CSC1CCCC1Nc1nc(NN)nc(C)c1[N+](=O)[O-]. The van der Waals surface area contributed by atoms with Crippen LogP contribution in [0.1, 0.15) is 25.0 Å². The molecule has 2 rings (SSSR count). The predicted octanol–water partition coefficient (Wildman–Crippen LogP) is 1.67. The molecule has 2 unspecified atom stereocenters. The van der Waals surface area contributed by atoms with Crippen LogP contribution in [0.2, 0.25) is 0 Å². The van der Waals surface area contributed by atoms with Crippen molar-refractivity contribution in [3.8, 4) is 0 Å². The summed E-state index contributed by atoms with van der Waals surface area (Å²) in [5.74, 6) is 5.71. The molecule has 1 aliphatic rings. The molecule has 20 heavy (non-hydrogen) atoms. The molecule has 0 spiro atoms. The summed E-state index contributed by atoms with van der Waals surface area (Å²) in [6, 6.07) is 0.184. The van der Waals surface area contributed by atoms with Crippen molar-refractivity contribution >= 4 is 29.2 Å². The molecule has 0 aliphatic heterocycles. The second-order valence-electron chi connectivity index (χ2n) is 4.69. The fourth-order valence-electron chi connectivity index (χ4n) is 2.50. The average Bonchev–Trinajstić information content (AvgIpc) is 2.84. The summed E-state index contributed by atoms with van der Waals surface area (Å²) in [6.45, 7) is 1.58. The van der Waals surface area contributed by atoms with Gasteiger partial charge >= 0.3 is 5.69 Å². The number of nitrogens with two attached hydrogens (primary N) is 1. The Morgan fingerprint density at radius 3 is 2.80 bits per heavy atom. The Morgan fingerprint density at radius 1 is 1.45 bits per heavy atom. The van der Waals surface area contributed by atoms with Gasteiger partial charge in [0.25, 0.3) is 0 Å². The maximum Gasteiger partial charge on any atom is 0.332 e. The summed E-state index contributed by atoms with van der Waals surface area (Å²) < 4.78 is 0. The lowest BCUT2D eigenvalue weighted by Crippen LogP contribution is -2.27. The highest BCUT2D eigenvalue weighted by Gasteiger charge is 2.30. The van der Waals surface area contributed by atoms with Crippen LogP contribution >= 0.6 is 11.8 Å². The number of nitrogens with one attached hydrogen (secondary N) is 2. The van der Waals surface area contributed by atoms with Gasteiger partial charge in [0.2, 0.25) is 11.8 Å². The topological polar surface area (TPSA) is 119 Å². The molecular weight excluding hydrogens is 280 g/mol. The number of hydrogen-bond acceptors (Lipinski definition) is 8. The van der Waals surface area contributed by atoms with E-state index in [1.807, 2.05) is 0 Å². The molecule has 4 N–H and O–H groups in total. The van der Waals surface area contributed by atoms with Crippen molar-refractivity contribution in [2.75, 3.05) is 17.0 Å². The first-order chi connectivity index (χ1) is 9.56. The van der Waals surface area contributed by atoms with Crippen LogP contribution in [0.4, 0.5) is 17.5 Å². The third-order valence-corrected chi connectivity index (χ3v) is 4.62. The number of rotatable bonds is 5. The first-order valence-electron chi connectivity index (χ1n) is 6.35. The van der Waals surface area contributed by atoms with E-state index in [0.717, 1.165) is 19.3 Å². The highest BCUT2D eigenvalue weighted by atomic mass is 32.2. The van der Waals surface area contributed by atoms with Gasteiger partial charge in [0.1, 0.15) is 5.69 Å². The molecule has 8 nitrogen and oxygen atoms in total. The molecule has 0 aromatic carbocycles.